The van der Waals surface area contributed by atoms with E-state index in [1.54, 1.807) is 6.92 Å². The molecule has 1 amide bonds. The van der Waals surface area contributed by atoms with Crippen LogP contribution in [0, 0.1) is 11.3 Å². The maximum atomic E-state index is 13.4. The van der Waals surface area contributed by atoms with E-state index in [0.717, 1.165) is 30.6 Å². The largest absolute Gasteiger partial charge is 0.365 e. The van der Waals surface area contributed by atoms with Crippen LogP contribution in [0.25, 0.3) is 0 Å². The molecule has 146 valence electrons. The lowest BCUT2D eigenvalue weighted by atomic mass is 10.1. The number of ether oxygens (including phenoxy) is 1. The van der Waals surface area contributed by atoms with Crippen LogP contribution in [0.4, 0.5) is 11.4 Å². The van der Waals surface area contributed by atoms with Gasteiger partial charge in [-0.2, -0.15) is 5.26 Å². The number of anilines is 2. The molecule has 0 N–H and O–H groups in total. The highest BCUT2D eigenvalue weighted by atomic mass is 16.5. The summed E-state index contributed by atoms with van der Waals surface area (Å²) in [6, 6.07) is 11.0. The zero-order valence-corrected chi connectivity index (χ0v) is 16.6. The van der Waals surface area contributed by atoms with E-state index in [2.05, 4.69) is 17.0 Å². The topological polar surface area (TPSA) is 56.6 Å². The van der Waals surface area contributed by atoms with Crippen LogP contribution in [0.2, 0.25) is 0 Å². The van der Waals surface area contributed by atoms with Crippen molar-refractivity contribution >= 4 is 17.3 Å². The molecule has 2 aliphatic carbocycles. The molecule has 28 heavy (non-hydrogen) atoms. The molecule has 1 aliphatic heterocycles. The number of benzene rings is 1. The molecular formula is C23H27N3O2. The molecule has 1 aromatic rings. The molecule has 2 saturated carbocycles. The van der Waals surface area contributed by atoms with E-state index in [4.69, 9.17) is 10.00 Å². The maximum Gasteiger partial charge on any atom is 0.259 e. The quantitative estimate of drug-likeness (QED) is 0.556. The van der Waals surface area contributed by atoms with E-state index < -0.39 is 5.60 Å². The zero-order chi connectivity index (χ0) is 19.7. The minimum absolute atomic E-state index is 0.0758. The second-order valence-electron chi connectivity index (χ2n) is 7.96. The van der Waals surface area contributed by atoms with Crippen LogP contribution < -0.4 is 9.80 Å². The lowest BCUT2D eigenvalue weighted by molar-refractivity contribution is -0.132. The molecular weight excluding hydrogens is 350 g/mol. The van der Waals surface area contributed by atoms with Crippen LogP contribution in [0.15, 0.2) is 47.6 Å². The second-order valence-corrected chi connectivity index (χ2v) is 7.96. The molecule has 0 aromatic heterocycles. The van der Waals surface area contributed by atoms with E-state index in [0.29, 0.717) is 24.8 Å². The molecule has 1 heterocycles. The van der Waals surface area contributed by atoms with Gasteiger partial charge in [0.15, 0.2) is 0 Å². The Kier molecular flexibility index (Phi) is 4.99. The molecule has 0 unspecified atom stereocenters. The number of nitriles is 1. The first-order chi connectivity index (χ1) is 13.6. The van der Waals surface area contributed by atoms with Gasteiger partial charge in [-0.1, -0.05) is 18.2 Å². The van der Waals surface area contributed by atoms with Crippen molar-refractivity contribution in [2.45, 2.75) is 51.2 Å². The summed E-state index contributed by atoms with van der Waals surface area (Å²) in [5.74, 6) is 0.0758. The molecule has 1 aromatic carbocycles. The van der Waals surface area contributed by atoms with Gasteiger partial charge in [-0.05, 0) is 63.3 Å². The van der Waals surface area contributed by atoms with Crippen molar-refractivity contribution in [2.75, 3.05) is 29.5 Å². The number of carbonyl (C=O) groups excluding carboxylic acids is 1. The highest BCUT2D eigenvalue weighted by molar-refractivity contribution is 6.04. The Balaban J connectivity index is 1.50. The minimum Gasteiger partial charge on any atom is -0.365 e. The van der Waals surface area contributed by atoms with Gasteiger partial charge in [-0.3, -0.25) is 4.79 Å². The molecule has 0 radical (unpaired) electrons. The fraction of sp³-hybridized carbons (Fsp3) is 0.478. The number of hydrogen-bond donors (Lipinski definition) is 0. The molecule has 5 nitrogen and oxygen atoms in total. The van der Waals surface area contributed by atoms with Gasteiger partial charge < -0.3 is 14.5 Å². The van der Waals surface area contributed by atoms with Gasteiger partial charge in [0.05, 0.1) is 24.1 Å². The summed E-state index contributed by atoms with van der Waals surface area (Å²) in [6.07, 6.45) is 7.77. The van der Waals surface area contributed by atoms with Crippen molar-refractivity contribution in [1.29, 1.82) is 5.26 Å². The Labute approximate surface area is 166 Å². The van der Waals surface area contributed by atoms with Crippen LogP contribution in [-0.4, -0.2) is 37.2 Å². The monoisotopic (exact) mass is 377 g/mol. The van der Waals surface area contributed by atoms with E-state index in [1.807, 2.05) is 42.2 Å². The van der Waals surface area contributed by atoms with Crippen molar-refractivity contribution in [3.05, 3.63) is 47.6 Å². The normalized spacial score (nSPS) is 21.2. The van der Waals surface area contributed by atoms with Crippen molar-refractivity contribution < 1.29 is 9.53 Å². The first-order valence-electron chi connectivity index (χ1n) is 10.1. The van der Waals surface area contributed by atoms with Crippen LogP contribution >= 0.6 is 0 Å². The summed E-state index contributed by atoms with van der Waals surface area (Å²) in [7, 11) is 0. The van der Waals surface area contributed by atoms with Crippen molar-refractivity contribution in [3.63, 3.8) is 0 Å². The minimum atomic E-state index is -0.711. The number of allylic oxidation sites excluding steroid dienone is 2. The lowest BCUT2D eigenvalue weighted by Crippen LogP contribution is -2.50. The summed E-state index contributed by atoms with van der Waals surface area (Å²) in [6.45, 7) is 5.65. The van der Waals surface area contributed by atoms with Crippen LogP contribution in [-0.2, 0) is 9.53 Å². The Hall–Kier alpha value is -2.58. The molecule has 0 spiro atoms. The van der Waals surface area contributed by atoms with Crippen molar-refractivity contribution in [3.8, 4) is 6.07 Å². The predicted molar refractivity (Wildman–Crippen MR) is 110 cm³/mol. The summed E-state index contributed by atoms with van der Waals surface area (Å²) < 4.78 is 6.13. The van der Waals surface area contributed by atoms with Gasteiger partial charge >= 0.3 is 0 Å². The number of amides is 1. The highest BCUT2D eigenvalue weighted by Gasteiger charge is 2.54. The zero-order valence-electron chi connectivity index (χ0n) is 16.6. The van der Waals surface area contributed by atoms with Gasteiger partial charge in [0.1, 0.15) is 5.60 Å². The van der Waals surface area contributed by atoms with E-state index in [1.165, 1.54) is 18.5 Å². The van der Waals surface area contributed by atoms with Gasteiger partial charge in [-0.15, -0.1) is 0 Å². The molecule has 5 heteroatoms. The Morgan fingerprint density at radius 3 is 2.61 bits per heavy atom. The smallest absolute Gasteiger partial charge is 0.259 e. The summed E-state index contributed by atoms with van der Waals surface area (Å²) in [5, 5.41) is 8.98. The molecule has 0 atom stereocenters. The number of nitrogens with zero attached hydrogens (tertiary/aromatic N) is 3. The molecule has 4 rings (SSSR count). The standard InChI is InChI=1S/C23H27N3O2/c1-3-18(14-17(2)15-24)16-28-23(10-11-23)22(27)26-13-12-25(19-8-9-19)20-6-4-5-7-21(20)26/h3-7,14,19H,8-13,16H2,1-2H3. The average Bonchev–Trinajstić information content (AvgIpc) is 3.64. The number of carbonyl (C=O) groups is 1. The second kappa shape index (κ2) is 7.44. The van der Waals surface area contributed by atoms with Gasteiger partial charge in [0.2, 0.25) is 0 Å². The Morgan fingerprint density at radius 1 is 1.29 bits per heavy atom. The summed E-state index contributed by atoms with van der Waals surface area (Å²) >= 11 is 0. The van der Waals surface area contributed by atoms with E-state index >= 15 is 0 Å². The number of hydrogen-bond acceptors (Lipinski definition) is 4. The molecule has 2 fully saturated rings. The first-order valence-corrected chi connectivity index (χ1v) is 10.1. The number of rotatable bonds is 6. The summed E-state index contributed by atoms with van der Waals surface area (Å²) in [4.78, 5) is 17.8. The van der Waals surface area contributed by atoms with Crippen LogP contribution in [0.3, 0.4) is 0 Å². The van der Waals surface area contributed by atoms with Gasteiger partial charge in [0.25, 0.3) is 5.91 Å². The fourth-order valence-corrected chi connectivity index (χ4v) is 3.88. The Morgan fingerprint density at radius 2 is 2.00 bits per heavy atom. The lowest BCUT2D eigenvalue weighted by Gasteiger charge is -2.39. The van der Waals surface area contributed by atoms with Crippen LogP contribution in [0.1, 0.15) is 39.5 Å². The third kappa shape index (κ3) is 3.57. The molecule has 0 saturated heterocycles. The van der Waals surface area contributed by atoms with E-state index in [9.17, 15) is 4.79 Å². The maximum absolute atomic E-state index is 13.4. The van der Waals surface area contributed by atoms with Gasteiger partial charge in [-0.25, -0.2) is 0 Å². The van der Waals surface area contributed by atoms with Crippen molar-refractivity contribution in [2.24, 2.45) is 0 Å². The number of fused-ring (bicyclic) bond motifs is 1. The van der Waals surface area contributed by atoms with Crippen molar-refractivity contribution in [1.82, 2.24) is 0 Å². The van der Waals surface area contributed by atoms with Gasteiger partial charge in [0, 0.05) is 24.7 Å². The third-order valence-electron chi connectivity index (χ3n) is 5.84. The SMILES string of the molecule is CC=C(C=C(C)C#N)COC1(C(=O)N2CCN(C3CC3)c3ccccc32)CC1. The Bertz CT molecular complexity index is 872. The van der Waals surface area contributed by atoms with E-state index in [-0.39, 0.29) is 5.91 Å². The highest BCUT2D eigenvalue weighted by Crippen LogP contribution is 2.46. The fourth-order valence-electron chi connectivity index (χ4n) is 3.88. The molecule has 0 bridgehead atoms. The van der Waals surface area contributed by atoms with Crippen LogP contribution in [0.5, 0.6) is 0 Å². The first kappa shape index (κ1) is 18.8. The molecule has 3 aliphatic rings. The summed E-state index contributed by atoms with van der Waals surface area (Å²) in [5.41, 5.74) is 3.03. The average molecular weight is 377 g/mol. The number of para-hydroxylation sites is 2. The third-order valence-corrected chi connectivity index (χ3v) is 5.84. The predicted octanol–water partition coefficient (Wildman–Crippen LogP) is 3.97.